The minimum atomic E-state index is 1.06. The number of allylic oxidation sites excluding steroid dienone is 4. The van der Waals surface area contributed by atoms with Gasteiger partial charge in [-0.3, -0.25) is 0 Å². The quantitative estimate of drug-likeness (QED) is 0.624. The first-order valence-electron chi connectivity index (χ1n) is 3.90. The molecule has 0 unspecified atom stereocenters. The molecule has 2 rings (SSSR count). The van der Waals surface area contributed by atoms with Gasteiger partial charge in [-0.1, -0.05) is 0 Å². The van der Waals surface area contributed by atoms with E-state index in [1.165, 1.54) is 21.5 Å². The Balaban J connectivity index is 0.000000244. The zero-order chi connectivity index (χ0) is 12.2. The molecule has 0 aromatic heterocycles. The topological polar surface area (TPSA) is 42.0 Å². The monoisotopic (exact) mass is 295 g/mol. The van der Waals surface area contributed by atoms with Crippen LogP contribution in [0.4, 0.5) is 0 Å². The normalized spacial score (nSPS) is 15.2. The van der Waals surface area contributed by atoms with Crippen LogP contribution < -0.4 is 0 Å². The van der Waals surface area contributed by atoms with Crippen LogP contribution in [-0.2, 0) is 56.3 Å². The molecule has 0 aromatic carbocycles. The molecule has 0 saturated heterocycles. The summed E-state index contributed by atoms with van der Waals surface area (Å²) in [6, 6.07) is 0. The van der Waals surface area contributed by atoms with Crippen molar-refractivity contribution in [3.63, 3.8) is 0 Å². The Labute approximate surface area is 114 Å². The smallest absolute Gasteiger partial charge is 0.116 e. The van der Waals surface area contributed by atoms with Crippen LogP contribution in [0.5, 0.6) is 0 Å². The summed E-state index contributed by atoms with van der Waals surface area (Å²) in [4.78, 5) is 9.32. The van der Waals surface area contributed by atoms with Crippen molar-refractivity contribution in [2.45, 2.75) is 0 Å². The molecule has 0 atom stereocenters. The Morgan fingerprint density at radius 2 is 1.19 bits per heavy atom. The van der Waals surface area contributed by atoms with Gasteiger partial charge in [0, 0.05) is 12.4 Å². The molecule has 0 saturated carbocycles. The van der Waals surface area contributed by atoms with Crippen LogP contribution in [0.25, 0.3) is 0 Å². The van der Waals surface area contributed by atoms with Gasteiger partial charge in [0.2, 0.25) is 0 Å². The van der Waals surface area contributed by atoms with E-state index in [0.29, 0.717) is 0 Å². The maximum absolute atomic E-state index is 8.19. The van der Waals surface area contributed by atoms with Gasteiger partial charge in [-0.25, -0.2) is 0 Å². The van der Waals surface area contributed by atoms with Gasteiger partial charge in [-0.15, -0.1) is 0 Å². The molecule has 0 aromatic rings. The van der Waals surface area contributed by atoms with E-state index in [4.69, 9.17) is 3.67 Å². The average molecular weight is 295 g/mol. The van der Waals surface area contributed by atoms with Crippen LogP contribution in [0.1, 0.15) is 0 Å². The molecule has 2 heterocycles. The summed E-state index contributed by atoms with van der Waals surface area (Å²) in [5.41, 5.74) is 0. The van der Waals surface area contributed by atoms with Gasteiger partial charge in [0.05, 0.1) is 0 Å². The van der Waals surface area contributed by atoms with Crippen LogP contribution in [-0.4, -0.2) is 8.94 Å². The first-order chi connectivity index (χ1) is 7.79. The second kappa shape index (κ2) is 10.8. The van der Waals surface area contributed by atoms with Gasteiger partial charge in [0.15, 0.2) is 0 Å². The van der Waals surface area contributed by atoms with Crippen LogP contribution in [0.15, 0.2) is 49.2 Å². The van der Waals surface area contributed by atoms with Gasteiger partial charge in [0.25, 0.3) is 0 Å². The molecule has 85 valence electrons. The first-order valence-corrected chi connectivity index (χ1v) is 5.20. The van der Waals surface area contributed by atoms with Crippen LogP contribution in [0.2, 0.25) is 0 Å². The van der Waals surface area contributed by atoms with E-state index in [1.54, 1.807) is 36.7 Å². The summed E-state index contributed by atoms with van der Waals surface area (Å²) in [6.07, 6.45) is 13.5. The molecular formula is C8H8N2O3S2V. The fraction of sp³-hybridized carbons (Fsp3) is 0. The molecular weight excluding hydrogens is 287 g/mol. The van der Waals surface area contributed by atoms with Crippen molar-refractivity contribution in [2.24, 2.45) is 0 Å². The predicted molar refractivity (Wildman–Crippen MR) is 57.8 cm³/mol. The molecule has 0 bridgehead atoms. The third-order valence-corrected chi connectivity index (χ3v) is 1.54. The van der Waals surface area contributed by atoms with E-state index in [9.17, 15) is 0 Å². The largest absolute Gasteiger partial charge is 0.621 e. The number of nitrogens with zero attached hydrogens (tertiary/aromatic N) is 2. The van der Waals surface area contributed by atoms with Crippen molar-refractivity contribution < 1.29 is 30.7 Å². The van der Waals surface area contributed by atoms with Gasteiger partial charge >= 0.3 is 21.0 Å². The van der Waals surface area contributed by atoms with Crippen molar-refractivity contribution in [3.8, 4) is 0 Å². The summed E-state index contributed by atoms with van der Waals surface area (Å²) >= 11 is 10.2. The minimum absolute atomic E-state index is 1.06. The number of hydrogen-bond acceptors (Lipinski definition) is 7. The molecule has 8 heteroatoms. The summed E-state index contributed by atoms with van der Waals surface area (Å²) < 4.78 is 10.6. The molecule has 0 N–H and O–H groups in total. The molecule has 0 aliphatic carbocycles. The molecule has 2 aliphatic heterocycles. The summed E-state index contributed by atoms with van der Waals surface area (Å²) in [7, 11) is 0. The summed E-state index contributed by atoms with van der Waals surface area (Å²) in [5, 5.41) is 0. The van der Waals surface area contributed by atoms with Crippen molar-refractivity contribution >= 4 is 25.6 Å². The number of rotatable bonds is 0. The third-order valence-electron chi connectivity index (χ3n) is 1.12. The molecule has 2 aliphatic rings. The molecule has 0 amide bonds. The van der Waals surface area contributed by atoms with Gasteiger partial charge < -0.3 is 44.2 Å². The molecule has 0 fully saturated rings. The van der Waals surface area contributed by atoms with Crippen molar-refractivity contribution in [3.05, 3.63) is 49.2 Å². The zero-order valence-corrected chi connectivity index (χ0v) is 11.0. The Kier molecular flexibility index (Phi) is 10.2. The van der Waals surface area contributed by atoms with Gasteiger partial charge in [-0.05, 0) is 24.3 Å². The Hall–Kier alpha value is -0.756. The average Bonchev–Trinajstić information content (AvgIpc) is 2.34. The van der Waals surface area contributed by atoms with Gasteiger partial charge in [-0.2, -0.15) is 0 Å². The maximum Gasteiger partial charge on any atom is 0.116 e. The van der Waals surface area contributed by atoms with E-state index in [-0.39, 0.29) is 0 Å². The SMILES string of the molecule is [O]=[V+2].[S-]N1C=CC=CO1.[S-]N1C=CC=CO1. The van der Waals surface area contributed by atoms with Crippen molar-refractivity contribution in [1.29, 1.82) is 0 Å². The zero-order valence-electron chi connectivity index (χ0n) is 8.00. The third kappa shape index (κ3) is 8.54. The fourth-order valence-electron chi connectivity index (χ4n) is 0.591. The van der Waals surface area contributed by atoms with Crippen LogP contribution in [0.3, 0.4) is 0 Å². The molecule has 0 radical (unpaired) electrons. The number of hydrogen-bond donors (Lipinski definition) is 0. The van der Waals surface area contributed by atoms with E-state index in [0.717, 1.165) is 17.4 Å². The second-order valence-electron chi connectivity index (χ2n) is 2.12. The number of hydroxylamine groups is 2. The Bertz CT molecular complexity index is 269. The van der Waals surface area contributed by atoms with Crippen molar-refractivity contribution in [2.75, 3.05) is 0 Å². The van der Waals surface area contributed by atoms with E-state index >= 15 is 0 Å². The standard InChI is InChI=1S/2C4H4NOS.O.V/c2*7-5-3-1-2-4-6-5;;/h2*1-4H;;/q2*-1;;+2. The fourth-order valence-corrected chi connectivity index (χ4v) is 0.831. The second-order valence-corrected chi connectivity index (χ2v) is 2.84. The summed E-state index contributed by atoms with van der Waals surface area (Å²) in [5.74, 6) is 0. The van der Waals surface area contributed by atoms with Crippen LogP contribution >= 0.6 is 0 Å². The first kappa shape index (κ1) is 15.2. The minimum Gasteiger partial charge on any atom is -0.621 e. The maximum atomic E-state index is 8.19. The van der Waals surface area contributed by atoms with E-state index in [1.807, 2.05) is 0 Å². The molecule has 0 spiro atoms. The van der Waals surface area contributed by atoms with Gasteiger partial charge in [0.1, 0.15) is 12.5 Å². The predicted octanol–water partition coefficient (Wildman–Crippen LogP) is 1.32. The Morgan fingerprint density at radius 3 is 1.31 bits per heavy atom. The van der Waals surface area contributed by atoms with E-state index in [2.05, 4.69) is 35.3 Å². The molecule has 5 nitrogen and oxygen atoms in total. The molecule has 16 heavy (non-hydrogen) atoms. The summed E-state index contributed by atoms with van der Waals surface area (Å²) in [6.45, 7) is 0. The Morgan fingerprint density at radius 1 is 0.812 bits per heavy atom. The van der Waals surface area contributed by atoms with Crippen molar-refractivity contribution in [1.82, 2.24) is 8.94 Å². The van der Waals surface area contributed by atoms with E-state index < -0.39 is 0 Å². The van der Waals surface area contributed by atoms with Crippen LogP contribution in [0, 0.1) is 0 Å².